The highest BCUT2D eigenvalue weighted by Gasteiger charge is 2.18. The number of aryl methyl sites for hydroxylation is 1. The number of nitro benzene ring substituents is 1. The minimum atomic E-state index is -1.16. The van der Waals surface area contributed by atoms with E-state index in [1.165, 1.54) is 12.1 Å². The molecule has 0 unspecified atom stereocenters. The molecule has 11 nitrogen and oxygen atoms in total. The fourth-order valence-electron chi connectivity index (χ4n) is 2.77. The fraction of sp³-hybridized carbons (Fsp3) is 0.0435. The lowest BCUT2D eigenvalue weighted by atomic mass is 10.1. The van der Waals surface area contributed by atoms with Crippen LogP contribution < -0.4 is 16.1 Å². The highest BCUT2D eigenvalue weighted by atomic mass is 16.6. The topological polar surface area (TPSA) is 163 Å². The number of non-ortho nitro benzene ring substituents is 1. The van der Waals surface area contributed by atoms with Gasteiger partial charge in [-0.15, -0.1) is 0 Å². The van der Waals surface area contributed by atoms with E-state index in [-0.39, 0.29) is 28.3 Å². The first kappa shape index (κ1) is 23.6. The van der Waals surface area contributed by atoms with E-state index in [0.717, 1.165) is 30.0 Å². The summed E-state index contributed by atoms with van der Waals surface area (Å²) in [4.78, 5) is 47.2. The predicted molar refractivity (Wildman–Crippen MR) is 125 cm³/mol. The average molecular weight is 461 g/mol. The summed E-state index contributed by atoms with van der Waals surface area (Å²) in [5.74, 6) is -3.05. The van der Waals surface area contributed by atoms with Gasteiger partial charge in [-0.1, -0.05) is 29.8 Å². The number of anilines is 2. The first-order valence-corrected chi connectivity index (χ1v) is 9.83. The second kappa shape index (κ2) is 10.5. The van der Waals surface area contributed by atoms with Gasteiger partial charge in [-0.05, 0) is 37.3 Å². The maximum absolute atomic E-state index is 12.6. The molecule has 0 aromatic heterocycles. The molecular formula is C23H19N5O6. The minimum absolute atomic E-state index is 0.0342. The van der Waals surface area contributed by atoms with Crippen LogP contribution in [0.3, 0.4) is 0 Å². The van der Waals surface area contributed by atoms with Crippen molar-refractivity contribution in [2.45, 2.75) is 6.92 Å². The van der Waals surface area contributed by atoms with E-state index in [4.69, 9.17) is 0 Å². The molecular weight excluding hydrogens is 442 g/mol. The lowest BCUT2D eigenvalue weighted by molar-refractivity contribution is -0.384. The second-order valence-corrected chi connectivity index (χ2v) is 7.02. The van der Waals surface area contributed by atoms with E-state index in [0.29, 0.717) is 5.69 Å². The molecule has 34 heavy (non-hydrogen) atoms. The second-order valence-electron chi connectivity index (χ2n) is 7.02. The van der Waals surface area contributed by atoms with Crippen LogP contribution in [0, 0.1) is 17.0 Å². The normalized spacial score (nSPS) is 10.5. The quantitative estimate of drug-likeness (QED) is 0.191. The molecule has 0 atom stereocenters. The van der Waals surface area contributed by atoms with Gasteiger partial charge < -0.3 is 15.7 Å². The molecule has 0 spiro atoms. The van der Waals surface area contributed by atoms with Crippen molar-refractivity contribution in [3.8, 4) is 5.75 Å². The largest absolute Gasteiger partial charge is 0.507 e. The lowest BCUT2D eigenvalue weighted by Crippen LogP contribution is -2.33. The van der Waals surface area contributed by atoms with E-state index in [9.17, 15) is 29.6 Å². The number of benzene rings is 3. The van der Waals surface area contributed by atoms with Gasteiger partial charge in [0.1, 0.15) is 5.75 Å². The number of nitro groups is 1. The third-order valence-corrected chi connectivity index (χ3v) is 4.53. The van der Waals surface area contributed by atoms with Gasteiger partial charge in [-0.2, -0.15) is 5.10 Å². The third kappa shape index (κ3) is 6.01. The Labute approximate surface area is 193 Å². The number of nitrogens with one attached hydrogen (secondary N) is 3. The fourth-order valence-corrected chi connectivity index (χ4v) is 2.77. The molecule has 0 saturated heterocycles. The number of carbonyl (C=O) groups is 3. The molecule has 3 aromatic carbocycles. The van der Waals surface area contributed by atoms with Crippen molar-refractivity contribution in [1.82, 2.24) is 5.43 Å². The van der Waals surface area contributed by atoms with E-state index >= 15 is 0 Å². The first-order valence-electron chi connectivity index (χ1n) is 9.83. The number of hydrogen-bond acceptors (Lipinski definition) is 7. The molecule has 3 rings (SSSR count). The maximum atomic E-state index is 12.6. The molecule has 0 aliphatic rings. The Morgan fingerprint density at radius 3 is 2.38 bits per heavy atom. The number of nitrogens with zero attached hydrogens (tertiary/aromatic N) is 2. The Hall–Kier alpha value is -5.06. The lowest BCUT2D eigenvalue weighted by Gasteiger charge is -2.11. The number of para-hydroxylation sites is 1. The van der Waals surface area contributed by atoms with Crippen LogP contribution in [0.25, 0.3) is 0 Å². The number of phenolic OH excluding ortho intramolecular Hbond substituents is 1. The van der Waals surface area contributed by atoms with Crippen molar-refractivity contribution in [3.05, 3.63) is 93.5 Å². The van der Waals surface area contributed by atoms with Gasteiger partial charge in [0.05, 0.1) is 22.4 Å². The summed E-state index contributed by atoms with van der Waals surface area (Å²) < 4.78 is 0. The van der Waals surface area contributed by atoms with Gasteiger partial charge in [0.15, 0.2) is 0 Å². The van der Waals surface area contributed by atoms with Gasteiger partial charge in [-0.3, -0.25) is 24.5 Å². The highest BCUT2D eigenvalue weighted by Crippen LogP contribution is 2.21. The van der Waals surface area contributed by atoms with Crippen molar-refractivity contribution in [1.29, 1.82) is 0 Å². The summed E-state index contributed by atoms with van der Waals surface area (Å²) in [7, 11) is 0. The summed E-state index contributed by atoms with van der Waals surface area (Å²) in [5, 5.41) is 29.2. The molecule has 3 amide bonds. The van der Waals surface area contributed by atoms with Gasteiger partial charge >= 0.3 is 11.8 Å². The van der Waals surface area contributed by atoms with Crippen LogP contribution in [0.1, 0.15) is 21.5 Å². The minimum Gasteiger partial charge on any atom is -0.507 e. The van der Waals surface area contributed by atoms with Crippen LogP contribution >= 0.6 is 0 Å². The average Bonchev–Trinajstić information content (AvgIpc) is 2.81. The van der Waals surface area contributed by atoms with Crippen LogP contribution in [0.2, 0.25) is 0 Å². The summed E-state index contributed by atoms with van der Waals surface area (Å²) in [6.45, 7) is 1.91. The smallest absolute Gasteiger partial charge is 0.329 e. The van der Waals surface area contributed by atoms with E-state index in [1.54, 1.807) is 24.3 Å². The summed E-state index contributed by atoms with van der Waals surface area (Å²) in [6, 6.07) is 16.5. The molecule has 0 fully saturated rings. The van der Waals surface area contributed by atoms with E-state index in [2.05, 4.69) is 15.7 Å². The van der Waals surface area contributed by atoms with Crippen LogP contribution in [0.4, 0.5) is 17.1 Å². The van der Waals surface area contributed by atoms with Gasteiger partial charge in [-0.25, -0.2) is 5.43 Å². The molecule has 0 radical (unpaired) electrons. The first-order chi connectivity index (χ1) is 16.2. The Morgan fingerprint density at radius 1 is 0.971 bits per heavy atom. The Morgan fingerprint density at radius 2 is 1.68 bits per heavy atom. The molecule has 11 heteroatoms. The van der Waals surface area contributed by atoms with Crippen molar-refractivity contribution in [3.63, 3.8) is 0 Å². The van der Waals surface area contributed by atoms with Crippen molar-refractivity contribution in [2.24, 2.45) is 5.10 Å². The molecule has 0 saturated carbocycles. The van der Waals surface area contributed by atoms with Crippen molar-refractivity contribution in [2.75, 3.05) is 10.6 Å². The summed E-state index contributed by atoms with van der Waals surface area (Å²) >= 11 is 0. The Balaban J connectivity index is 1.65. The maximum Gasteiger partial charge on any atom is 0.329 e. The number of carbonyl (C=O) groups excluding carboxylic acids is 3. The van der Waals surface area contributed by atoms with Gasteiger partial charge in [0.25, 0.3) is 11.6 Å². The predicted octanol–water partition coefficient (Wildman–Crippen LogP) is 2.95. The number of hydrogen-bond donors (Lipinski definition) is 4. The third-order valence-electron chi connectivity index (χ3n) is 4.53. The summed E-state index contributed by atoms with van der Waals surface area (Å²) in [5.41, 5.74) is 3.46. The Kier molecular flexibility index (Phi) is 7.29. The standard InChI is InChI=1S/C23H19N5O6/c1-14-6-8-16(9-7-14)25-21(30)18-4-2-3-5-19(18)26-22(31)23(32)27-24-13-15-12-17(28(33)34)10-11-20(15)29/h2-13,29H,1H3,(H,25,30)(H,26,31)(H,27,32)/b24-13-. The molecule has 172 valence electrons. The molecule has 4 N–H and O–H groups in total. The number of hydrazone groups is 1. The molecule has 0 aliphatic heterocycles. The number of aromatic hydroxyl groups is 1. The van der Waals surface area contributed by atoms with Crippen LogP contribution in [-0.2, 0) is 9.59 Å². The number of phenols is 1. The highest BCUT2D eigenvalue weighted by molar-refractivity contribution is 6.40. The molecule has 0 heterocycles. The van der Waals surface area contributed by atoms with Gasteiger partial charge in [0, 0.05) is 23.4 Å². The van der Waals surface area contributed by atoms with E-state index in [1.807, 2.05) is 24.5 Å². The van der Waals surface area contributed by atoms with Crippen LogP contribution in [0.5, 0.6) is 5.75 Å². The Bertz CT molecular complexity index is 1290. The van der Waals surface area contributed by atoms with E-state index < -0.39 is 22.6 Å². The zero-order valence-corrected chi connectivity index (χ0v) is 17.8. The van der Waals surface area contributed by atoms with Crippen LogP contribution in [-0.4, -0.2) is 34.0 Å². The zero-order valence-electron chi connectivity index (χ0n) is 17.8. The monoisotopic (exact) mass is 461 g/mol. The van der Waals surface area contributed by atoms with Crippen LogP contribution in [0.15, 0.2) is 71.8 Å². The SMILES string of the molecule is Cc1ccc(NC(=O)c2ccccc2NC(=O)C(=O)N/N=C\c2cc([N+](=O)[O-])ccc2O)cc1. The van der Waals surface area contributed by atoms with Crippen molar-refractivity contribution >= 4 is 41.0 Å². The summed E-state index contributed by atoms with van der Waals surface area (Å²) in [6.07, 6.45) is 0.955. The number of rotatable bonds is 6. The molecule has 0 bridgehead atoms. The van der Waals surface area contributed by atoms with Crippen molar-refractivity contribution < 1.29 is 24.4 Å². The zero-order chi connectivity index (χ0) is 24.7. The molecule has 3 aromatic rings. The van der Waals surface area contributed by atoms with Gasteiger partial charge in [0.2, 0.25) is 0 Å². The molecule has 0 aliphatic carbocycles. The number of amides is 3.